The first-order valence-corrected chi connectivity index (χ1v) is 7.30. The highest BCUT2D eigenvalue weighted by Gasteiger charge is 2.20. The zero-order valence-corrected chi connectivity index (χ0v) is 12.0. The molecule has 0 bridgehead atoms. The van der Waals surface area contributed by atoms with Crippen LogP contribution >= 0.6 is 0 Å². The lowest BCUT2D eigenvalue weighted by Crippen LogP contribution is -2.22. The van der Waals surface area contributed by atoms with Crippen LogP contribution in [0.25, 0.3) is 0 Å². The van der Waals surface area contributed by atoms with Gasteiger partial charge in [-0.3, -0.25) is 4.79 Å². The maximum Gasteiger partial charge on any atom is 0.335 e. The van der Waals surface area contributed by atoms with Gasteiger partial charge in [0.1, 0.15) is 5.82 Å². The van der Waals surface area contributed by atoms with Gasteiger partial charge in [0, 0.05) is 18.2 Å². The number of anilines is 1. The fourth-order valence-electron chi connectivity index (χ4n) is 2.49. The van der Waals surface area contributed by atoms with Crippen LogP contribution < -0.4 is 5.32 Å². The first-order valence-electron chi connectivity index (χ1n) is 7.30. The first kappa shape index (κ1) is 14.3. The lowest BCUT2D eigenvalue weighted by atomic mass is 9.85. The summed E-state index contributed by atoms with van der Waals surface area (Å²) in [5.41, 5.74) is 0.409. The minimum atomic E-state index is -1.05. The normalized spacial score (nSPS) is 14.4. The van der Waals surface area contributed by atoms with E-state index < -0.39 is 5.97 Å². The Kier molecular flexibility index (Phi) is 3.91. The quantitative estimate of drug-likeness (QED) is 0.889. The number of rotatable bonds is 5. The Bertz CT molecular complexity index is 704. The third-order valence-electron chi connectivity index (χ3n) is 3.99. The van der Waals surface area contributed by atoms with Crippen LogP contribution in [-0.4, -0.2) is 26.8 Å². The Balaban J connectivity index is 1.72. The van der Waals surface area contributed by atoms with Crippen LogP contribution in [0.15, 0.2) is 36.5 Å². The molecule has 114 valence electrons. The Labute approximate surface area is 127 Å². The molecular formula is C16H17N3O3. The van der Waals surface area contributed by atoms with Gasteiger partial charge in [0.2, 0.25) is 0 Å². The van der Waals surface area contributed by atoms with Crippen LogP contribution in [-0.2, 0) is 6.54 Å². The number of aromatic nitrogens is 2. The molecule has 22 heavy (non-hydrogen) atoms. The molecule has 0 spiro atoms. The van der Waals surface area contributed by atoms with E-state index in [2.05, 4.69) is 10.4 Å². The highest BCUT2D eigenvalue weighted by molar-refractivity contribution is 6.05. The molecule has 1 heterocycles. The minimum Gasteiger partial charge on any atom is -0.478 e. The van der Waals surface area contributed by atoms with Crippen LogP contribution in [0.2, 0.25) is 0 Å². The van der Waals surface area contributed by atoms with Gasteiger partial charge >= 0.3 is 5.97 Å². The van der Waals surface area contributed by atoms with E-state index in [0.717, 1.165) is 6.54 Å². The zero-order chi connectivity index (χ0) is 15.5. The van der Waals surface area contributed by atoms with E-state index in [9.17, 15) is 9.59 Å². The molecule has 6 nitrogen and oxygen atoms in total. The summed E-state index contributed by atoms with van der Waals surface area (Å²) in [6.07, 6.45) is 5.32. The van der Waals surface area contributed by atoms with E-state index in [1.807, 2.05) is 0 Å². The second-order valence-corrected chi connectivity index (χ2v) is 5.54. The molecular weight excluding hydrogens is 282 g/mol. The second-order valence-electron chi connectivity index (χ2n) is 5.54. The molecule has 1 saturated carbocycles. The summed E-state index contributed by atoms with van der Waals surface area (Å²) in [5.74, 6) is -0.119. The Morgan fingerprint density at radius 1 is 1.27 bits per heavy atom. The number of carboxylic acids is 1. The van der Waals surface area contributed by atoms with Crippen molar-refractivity contribution in [3.8, 4) is 0 Å². The summed E-state index contributed by atoms with van der Waals surface area (Å²) in [4.78, 5) is 23.2. The topological polar surface area (TPSA) is 84.2 Å². The molecule has 0 radical (unpaired) electrons. The molecule has 0 atom stereocenters. The predicted octanol–water partition coefficient (Wildman–Crippen LogP) is 2.63. The van der Waals surface area contributed by atoms with Gasteiger partial charge in [0.25, 0.3) is 5.91 Å². The maximum atomic E-state index is 12.3. The monoisotopic (exact) mass is 299 g/mol. The van der Waals surface area contributed by atoms with Crippen molar-refractivity contribution >= 4 is 17.7 Å². The predicted molar refractivity (Wildman–Crippen MR) is 80.9 cm³/mol. The molecule has 1 aliphatic carbocycles. The smallest absolute Gasteiger partial charge is 0.335 e. The third-order valence-corrected chi connectivity index (χ3v) is 3.99. The van der Waals surface area contributed by atoms with Gasteiger partial charge in [-0.25, -0.2) is 9.48 Å². The highest BCUT2D eigenvalue weighted by Crippen LogP contribution is 2.28. The van der Waals surface area contributed by atoms with Gasteiger partial charge in [0.15, 0.2) is 0 Å². The number of hydrogen-bond donors (Lipinski definition) is 2. The average Bonchev–Trinajstić information content (AvgIpc) is 2.90. The summed E-state index contributed by atoms with van der Waals surface area (Å²) in [6.45, 7) is 0.803. The average molecular weight is 299 g/mol. The molecule has 6 heteroatoms. The van der Waals surface area contributed by atoms with Gasteiger partial charge in [-0.05, 0) is 37.0 Å². The first-order chi connectivity index (χ1) is 10.6. The van der Waals surface area contributed by atoms with Gasteiger partial charge in [-0.2, -0.15) is 5.10 Å². The zero-order valence-electron chi connectivity index (χ0n) is 12.0. The maximum absolute atomic E-state index is 12.3. The molecule has 0 saturated heterocycles. The molecule has 1 fully saturated rings. The lowest BCUT2D eigenvalue weighted by molar-refractivity contribution is 0.0697. The summed E-state index contributed by atoms with van der Waals surface area (Å²) in [5, 5.41) is 16.0. The molecule has 1 aromatic heterocycles. The number of benzene rings is 1. The van der Waals surface area contributed by atoms with Crippen LogP contribution in [0.5, 0.6) is 0 Å². The Morgan fingerprint density at radius 2 is 2.05 bits per heavy atom. The van der Waals surface area contributed by atoms with Crippen molar-refractivity contribution < 1.29 is 14.7 Å². The summed E-state index contributed by atoms with van der Waals surface area (Å²) >= 11 is 0. The number of amides is 1. The second kappa shape index (κ2) is 6.01. The van der Waals surface area contributed by atoms with E-state index in [-0.39, 0.29) is 11.5 Å². The molecule has 1 amide bonds. The molecule has 0 unspecified atom stereocenters. The van der Waals surface area contributed by atoms with Crippen molar-refractivity contribution in [2.24, 2.45) is 5.92 Å². The van der Waals surface area contributed by atoms with Crippen LogP contribution in [0, 0.1) is 5.92 Å². The van der Waals surface area contributed by atoms with E-state index in [4.69, 9.17) is 5.11 Å². The van der Waals surface area contributed by atoms with Crippen LogP contribution in [0.1, 0.15) is 40.0 Å². The van der Waals surface area contributed by atoms with Crippen LogP contribution in [0.3, 0.4) is 0 Å². The Hall–Kier alpha value is -2.63. The molecule has 1 aromatic carbocycles. The lowest BCUT2D eigenvalue weighted by Gasteiger charge is -2.25. The van der Waals surface area contributed by atoms with Gasteiger partial charge in [0.05, 0.1) is 11.8 Å². The third kappa shape index (κ3) is 3.00. The van der Waals surface area contributed by atoms with E-state index >= 15 is 0 Å². The van der Waals surface area contributed by atoms with E-state index in [1.165, 1.54) is 31.4 Å². The standard InChI is InChI=1S/C16H17N3O3/c20-15(12-5-2-6-13(9-12)16(21)22)18-14-7-8-17-19(14)10-11-3-1-4-11/h2,5-9,11H,1,3-4,10H2,(H,18,20)(H,21,22). The van der Waals surface area contributed by atoms with Gasteiger partial charge in [-0.15, -0.1) is 0 Å². The molecule has 1 aliphatic rings. The fourth-order valence-corrected chi connectivity index (χ4v) is 2.49. The summed E-state index contributed by atoms with van der Waals surface area (Å²) in [6, 6.07) is 7.72. The number of hydrogen-bond acceptors (Lipinski definition) is 3. The van der Waals surface area contributed by atoms with E-state index in [1.54, 1.807) is 29.1 Å². The number of carboxylic acid groups (broad SMARTS) is 1. The van der Waals surface area contributed by atoms with Crippen molar-refractivity contribution in [2.45, 2.75) is 25.8 Å². The van der Waals surface area contributed by atoms with E-state index in [0.29, 0.717) is 17.3 Å². The Morgan fingerprint density at radius 3 is 2.73 bits per heavy atom. The highest BCUT2D eigenvalue weighted by atomic mass is 16.4. The molecule has 2 aromatic rings. The minimum absolute atomic E-state index is 0.0932. The van der Waals surface area contributed by atoms with Gasteiger partial charge in [-0.1, -0.05) is 12.5 Å². The number of carbonyl (C=O) groups is 2. The number of carbonyl (C=O) groups excluding carboxylic acids is 1. The number of aromatic carboxylic acids is 1. The van der Waals surface area contributed by atoms with Crippen molar-refractivity contribution in [3.05, 3.63) is 47.7 Å². The van der Waals surface area contributed by atoms with Crippen molar-refractivity contribution in [1.82, 2.24) is 9.78 Å². The summed E-state index contributed by atoms with van der Waals surface area (Å²) in [7, 11) is 0. The molecule has 3 rings (SSSR count). The largest absolute Gasteiger partial charge is 0.478 e. The van der Waals surface area contributed by atoms with Crippen molar-refractivity contribution in [2.75, 3.05) is 5.32 Å². The molecule has 2 N–H and O–H groups in total. The van der Waals surface area contributed by atoms with Crippen molar-refractivity contribution in [1.29, 1.82) is 0 Å². The van der Waals surface area contributed by atoms with Gasteiger partial charge < -0.3 is 10.4 Å². The SMILES string of the molecule is O=C(O)c1cccc(C(=O)Nc2ccnn2CC2CCC2)c1. The number of nitrogens with one attached hydrogen (secondary N) is 1. The van der Waals surface area contributed by atoms with Crippen LogP contribution in [0.4, 0.5) is 5.82 Å². The van der Waals surface area contributed by atoms with Crippen molar-refractivity contribution in [3.63, 3.8) is 0 Å². The number of nitrogens with zero attached hydrogens (tertiary/aromatic N) is 2. The summed E-state index contributed by atoms with van der Waals surface area (Å²) < 4.78 is 1.79. The fraction of sp³-hybridized carbons (Fsp3) is 0.312. The molecule has 0 aliphatic heterocycles.